The number of nitrogens with zero attached hydrogens (tertiary/aromatic N) is 2. The van der Waals surface area contributed by atoms with Crippen LogP contribution in [0.3, 0.4) is 0 Å². The molecule has 0 fully saturated rings. The average Bonchev–Trinajstić information content (AvgIpc) is 2.52. The van der Waals surface area contributed by atoms with Crippen LogP contribution in [0.5, 0.6) is 0 Å². The third kappa shape index (κ3) is 1.37. The molecule has 0 aliphatic rings. The highest BCUT2D eigenvalue weighted by Gasteiger charge is 2.24. The number of hydrogen-bond acceptors (Lipinski definition) is 4. The second kappa shape index (κ2) is 3.19. The lowest BCUT2D eigenvalue weighted by atomic mass is 10.4. The molecule has 0 radical (unpaired) electrons. The number of halogens is 1. The van der Waals surface area contributed by atoms with Gasteiger partial charge in [-0.15, -0.1) is 0 Å². The number of alkyl halides is 1. The molecule has 2 rings (SSSR count). The molecule has 1 N–H and O–H groups in total. The van der Waals surface area contributed by atoms with Crippen LogP contribution in [-0.2, 0) is 4.79 Å². The van der Waals surface area contributed by atoms with Crippen molar-refractivity contribution in [3.05, 3.63) is 28.9 Å². The summed E-state index contributed by atoms with van der Waals surface area (Å²) in [5.41, 5.74) is -0.0798. The summed E-state index contributed by atoms with van der Waals surface area (Å²) in [6.07, 6.45) is -1.18. The second-order valence-electron chi connectivity index (χ2n) is 2.74. The molecule has 7 heteroatoms. The summed E-state index contributed by atoms with van der Waals surface area (Å²) in [5.74, 6) is -2.86. The van der Waals surface area contributed by atoms with Gasteiger partial charge in [0.25, 0.3) is 6.30 Å². The molecule has 0 spiro atoms. The van der Waals surface area contributed by atoms with E-state index in [0.29, 0.717) is 4.57 Å². The molecular weight excluding hydrogens is 207 g/mol. The number of rotatable bonds is 2. The summed E-state index contributed by atoms with van der Waals surface area (Å²) in [4.78, 5) is 25.2. The van der Waals surface area contributed by atoms with Crippen LogP contribution >= 0.6 is 0 Å². The Hall–Kier alpha value is -2.18. The molecule has 15 heavy (non-hydrogen) atoms. The molecule has 78 valence electrons. The first-order valence-corrected chi connectivity index (χ1v) is 3.94. The van der Waals surface area contributed by atoms with Gasteiger partial charge in [-0.05, 0) is 12.1 Å². The van der Waals surface area contributed by atoms with Gasteiger partial charge in [0, 0.05) is 6.20 Å². The minimum atomic E-state index is -2.49. The number of fused-ring (bicyclic) bond motifs is 1. The molecule has 2 aromatic heterocycles. The number of carboxylic acid groups (broad SMARTS) is 1. The number of carbonyl (C=O) groups is 1. The molecular formula is C8H5FN2O4. The first-order valence-electron chi connectivity index (χ1n) is 3.94. The minimum Gasteiger partial charge on any atom is -0.478 e. The van der Waals surface area contributed by atoms with Gasteiger partial charge in [-0.2, -0.15) is 0 Å². The van der Waals surface area contributed by atoms with Crippen LogP contribution in [0.4, 0.5) is 4.39 Å². The predicted octanol–water partition coefficient (Wildman–Crippen LogP) is 0.542. The zero-order valence-corrected chi connectivity index (χ0v) is 7.25. The van der Waals surface area contributed by atoms with E-state index in [2.05, 4.69) is 9.40 Å². The lowest BCUT2D eigenvalue weighted by molar-refractivity contribution is -0.146. The smallest absolute Gasteiger partial charge is 0.424 e. The van der Waals surface area contributed by atoms with Gasteiger partial charge in [0.1, 0.15) is 0 Å². The average molecular weight is 212 g/mol. The van der Waals surface area contributed by atoms with E-state index in [1.165, 1.54) is 18.3 Å². The molecule has 0 bridgehead atoms. The Morgan fingerprint density at radius 1 is 1.67 bits per heavy atom. The molecule has 0 aromatic carbocycles. The quantitative estimate of drug-likeness (QED) is 0.785. The lowest BCUT2D eigenvalue weighted by Crippen LogP contribution is -2.23. The van der Waals surface area contributed by atoms with Crippen molar-refractivity contribution in [3.8, 4) is 0 Å². The third-order valence-corrected chi connectivity index (χ3v) is 1.80. The monoisotopic (exact) mass is 212 g/mol. The van der Waals surface area contributed by atoms with Gasteiger partial charge in [0.2, 0.25) is 0 Å². The highest BCUT2D eigenvalue weighted by molar-refractivity contribution is 5.74. The first-order chi connectivity index (χ1) is 7.11. The van der Waals surface area contributed by atoms with E-state index in [0.717, 1.165) is 0 Å². The molecule has 2 aromatic rings. The van der Waals surface area contributed by atoms with Crippen LogP contribution < -0.4 is 5.76 Å². The van der Waals surface area contributed by atoms with Crippen molar-refractivity contribution >= 4 is 17.2 Å². The Morgan fingerprint density at radius 3 is 3.07 bits per heavy atom. The van der Waals surface area contributed by atoms with Gasteiger partial charge in [0.05, 0.1) is 0 Å². The zero-order valence-electron chi connectivity index (χ0n) is 7.25. The van der Waals surface area contributed by atoms with Crippen LogP contribution in [0.2, 0.25) is 0 Å². The molecule has 0 aliphatic carbocycles. The topological polar surface area (TPSA) is 85.3 Å². The molecule has 1 atom stereocenters. The largest absolute Gasteiger partial charge is 0.478 e. The molecule has 0 amide bonds. The van der Waals surface area contributed by atoms with Crippen molar-refractivity contribution < 1.29 is 18.7 Å². The van der Waals surface area contributed by atoms with E-state index in [1.54, 1.807) is 0 Å². The fraction of sp³-hybridized carbons (Fsp3) is 0.125. The molecule has 2 heterocycles. The maximum Gasteiger partial charge on any atom is 0.424 e. The lowest BCUT2D eigenvalue weighted by Gasteiger charge is -2.01. The molecule has 1 unspecified atom stereocenters. The second-order valence-corrected chi connectivity index (χ2v) is 2.74. The molecule has 0 aliphatic heterocycles. The summed E-state index contributed by atoms with van der Waals surface area (Å²) < 4.78 is 18.1. The third-order valence-electron chi connectivity index (χ3n) is 1.80. The molecule has 0 saturated heterocycles. The van der Waals surface area contributed by atoms with Crippen molar-refractivity contribution in [1.82, 2.24) is 9.55 Å². The fourth-order valence-electron chi connectivity index (χ4n) is 1.18. The van der Waals surface area contributed by atoms with Gasteiger partial charge in [-0.25, -0.2) is 23.5 Å². The maximum absolute atomic E-state index is 13.1. The van der Waals surface area contributed by atoms with Crippen LogP contribution in [0.1, 0.15) is 6.30 Å². The zero-order chi connectivity index (χ0) is 11.0. The Balaban J connectivity index is 2.74. The van der Waals surface area contributed by atoms with Gasteiger partial charge in [-0.3, -0.25) is 0 Å². The summed E-state index contributed by atoms with van der Waals surface area (Å²) in [5, 5.41) is 8.43. The fourth-order valence-corrected chi connectivity index (χ4v) is 1.18. The van der Waals surface area contributed by atoms with Crippen LogP contribution in [0, 0.1) is 0 Å². The number of aromatic nitrogens is 2. The Morgan fingerprint density at radius 2 is 2.40 bits per heavy atom. The number of oxazole rings is 1. The van der Waals surface area contributed by atoms with E-state index in [-0.39, 0.29) is 11.2 Å². The van der Waals surface area contributed by atoms with E-state index < -0.39 is 18.0 Å². The summed E-state index contributed by atoms with van der Waals surface area (Å²) >= 11 is 0. The maximum atomic E-state index is 13.1. The Labute approximate surface area is 81.6 Å². The molecule has 0 saturated carbocycles. The van der Waals surface area contributed by atoms with Gasteiger partial charge in [-0.1, -0.05) is 0 Å². The van der Waals surface area contributed by atoms with Crippen molar-refractivity contribution in [2.75, 3.05) is 0 Å². The summed E-state index contributed by atoms with van der Waals surface area (Å²) in [6, 6.07) is 2.89. The highest BCUT2D eigenvalue weighted by atomic mass is 19.1. The highest BCUT2D eigenvalue weighted by Crippen LogP contribution is 2.15. The number of carboxylic acids is 1. The van der Waals surface area contributed by atoms with E-state index in [1.807, 2.05) is 0 Å². The number of hydrogen-bond donors (Lipinski definition) is 1. The first kappa shape index (κ1) is 9.38. The van der Waals surface area contributed by atoms with Gasteiger partial charge < -0.3 is 9.52 Å². The van der Waals surface area contributed by atoms with Crippen LogP contribution in [-0.4, -0.2) is 20.6 Å². The van der Waals surface area contributed by atoms with E-state index in [9.17, 15) is 14.0 Å². The Kier molecular flexibility index (Phi) is 2.00. The van der Waals surface area contributed by atoms with Crippen LogP contribution in [0.25, 0.3) is 11.2 Å². The van der Waals surface area contributed by atoms with Gasteiger partial charge in [0.15, 0.2) is 11.2 Å². The van der Waals surface area contributed by atoms with Crippen molar-refractivity contribution in [1.29, 1.82) is 0 Å². The van der Waals surface area contributed by atoms with Crippen molar-refractivity contribution in [2.24, 2.45) is 0 Å². The van der Waals surface area contributed by atoms with E-state index in [4.69, 9.17) is 5.11 Å². The normalized spacial score (nSPS) is 12.9. The predicted molar refractivity (Wildman–Crippen MR) is 46.0 cm³/mol. The van der Waals surface area contributed by atoms with Crippen LogP contribution in [0.15, 0.2) is 27.5 Å². The standard InChI is InChI=1S/C8H5FN2O4/c9-5(7(12)13)11-6-4(15-8(11)14)2-1-3-10-6/h1-3,5H,(H,12,13). The molecule has 6 nitrogen and oxygen atoms in total. The number of pyridine rings is 1. The van der Waals surface area contributed by atoms with Crippen molar-refractivity contribution in [2.45, 2.75) is 6.30 Å². The van der Waals surface area contributed by atoms with Gasteiger partial charge >= 0.3 is 11.7 Å². The van der Waals surface area contributed by atoms with E-state index >= 15 is 0 Å². The Bertz CT molecular complexity index is 573. The summed E-state index contributed by atoms with van der Waals surface area (Å²) in [7, 11) is 0. The number of aliphatic carboxylic acids is 1. The summed E-state index contributed by atoms with van der Waals surface area (Å²) in [6.45, 7) is 0. The SMILES string of the molecule is O=C(O)C(F)n1c(=O)oc2cccnc21. The van der Waals surface area contributed by atoms with Crippen molar-refractivity contribution in [3.63, 3.8) is 0 Å². The minimum absolute atomic E-state index is 0.0476.